The smallest absolute Gasteiger partial charge is 0.394 e. The lowest BCUT2D eigenvalue weighted by molar-refractivity contribution is -0.168. The summed E-state index contributed by atoms with van der Waals surface area (Å²) in [6.45, 7) is 7.82. The van der Waals surface area contributed by atoms with E-state index in [-0.39, 0.29) is 0 Å². The van der Waals surface area contributed by atoms with Gasteiger partial charge in [0.15, 0.2) is 0 Å². The van der Waals surface area contributed by atoms with Gasteiger partial charge in [-0.3, -0.25) is 4.79 Å². The highest BCUT2D eigenvalue weighted by atomic mass is 19.4. The number of carbonyl (C=O) groups is 1. The average Bonchev–Trinajstić information content (AvgIpc) is 2.18. The van der Waals surface area contributed by atoms with Crippen molar-refractivity contribution in [2.45, 2.75) is 46.8 Å². The van der Waals surface area contributed by atoms with Gasteiger partial charge in [-0.15, -0.1) is 0 Å². The molecule has 15 heavy (non-hydrogen) atoms. The van der Waals surface area contributed by atoms with Gasteiger partial charge in [-0.2, -0.15) is 13.2 Å². The summed E-state index contributed by atoms with van der Waals surface area (Å²) in [5.74, 6) is -0.818. The Balaban J connectivity index is -0.000000318. The molecule has 94 valence electrons. The average molecular weight is 231 g/mol. The first-order valence-corrected chi connectivity index (χ1v) is 4.82. The number of aliphatic hydroxyl groups excluding tert-OH is 1. The van der Waals surface area contributed by atoms with E-state index in [0.717, 1.165) is 6.92 Å². The fourth-order valence-electron chi connectivity index (χ4n) is 0.476. The van der Waals surface area contributed by atoms with Gasteiger partial charge in [-0.1, -0.05) is 27.7 Å². The Morgan fingerprint density at radius 1 is 1.27 bits per heavy atom. The van der Waals surface area contributed by atoms with Crippen LogP contribution in [0.5, 0.6) is 0 Å². The van der Waals surface area contributed by atoms with E-state index in [9.17, 15) is 18.0 Å². The van der Waals surface area contributed by atoms with Crippen molar-refractivity contribution >= 4 is 5.91 Å². The molecule has 1 unspecified atom stereocenters. The van der Waals surface area contributed by atoms with Crippen LogP contribution in [0.2, 0.25) is 0 Å². The van der Waals surface area contributed by atoms with Crippen LogP contribution in [-0.2, 0) is 4.79 Å². The molecule has 0 heterocycles. The van der Waals surface area contributed by atoms with Crippen LogP contribution in [0.25, 0.3) is 0 Å². The molecule has 6 heteroatoms. The summed E-state index contributed by atoms with van der Waals surface area (Å²) in [4.78, 5) is 10.1. The lowest BCUT2D eigenvalue weighted by atomic mass is 10.3. The Morgan fingerprint density at radius 3 is 1.67 bits per heavy atom. The van der Waals surface area contributed by atoms with Crippen molar-refractivity contribution in [3.63, 3.8) is 0 Å². The Morgan fingerprint density at radius 2 is 1.60 bits per heavy atom. The molecule has 0 aromatic carbocycles. The molecule has 0 saturated carbocycles. The van der Waals surface area contributed by atoms with Crippen LogP contribution in [0, 0.1) is 0 Å². The van der Waals surface area contributed by atoms with Crippen molar-refractivity contribution < 1.29 is 23.1 Å². The molecule has 0 spiro atoms. The molecular formula is C9H20F3NO2. The molecule has 3 nitrogen and oxygen atoms in total. The van der Waals surface area contributed by atoms with E-state index in [2.05, 4.69) is 0 Å². The molecule has 2 N–H and O–H groups in total. The highest BCUT2D eigenvalue weighted by molar-refractivity contribution is 5.73. The fraction of sp³-hybridized carbons (Fsp3) is 0.889. The lowest BCUT2D eigenvalue weighted by Gasteiger charge is -2.17. The van der Waals surface area contributed by atoms with Crippen LogP contribution in [0.1, 0.15) is 34.6 Å². The van der Waals surface area contributed by atoms with Gasteiger partial charge in [0, 0.05) is 6.92 Å². The monoisotopic (exact) mass is 231 g/mol. The summed E-state index contributed by atoms with van der Waals surface area (Å²) in [7, 11) is 0. The minimum absolute atomic E-state index is 0.818. The van der Waals surface area contributed by atoms with Crippen molar-refractivity contribution in [1.29, 1.82) is 0 Å². The van der Waals surface area contributed by atoms with E-state index >= 15 is 0 Å². The maximum atomic E-state index is 11.7. The van der Waals surface area contributed by atoms with E-state index in [1.165, 1.54) is 0 Å². The van der Waals surface area contributed by atoms with Crippen molar-refractivity contribution in [2.75, 3.05) is 6.61 Å². The number of aliphatic hydroxyl groups is 1. The molecule has 0 aliphatic rings. The third kappa shape index (κ3) is 13.2. The summed E-state index contributed by atoms with van der Waals surface area (Å²) in [5.41, 5.74) is 0. The third-order valence-electron chi connectivity index (χ3n) is 0.955. The lowest BCUT2D eigenvalue weighted by Crippen LogP contribution is -2.46. The van der Waals surface area contributed by atoms with Crippen LogP contribution in [-0.4, -0.2) is 29.8 Å². The van der Waals surface area contributed by atoms with E-state index in [1.54, 1.807) is 5.32 Å². The van der Waals surface area contributed by atoms with Gasteiger partial charge in [-0.25, -0.2) is 0 Å². The predicted octanol–water partition coefficient (Wildman–Crippen LogP) is 2.10. The number of halogens is 3. The molecule has 0 aliphatic heterocycles. The van der Waals surface area contributed by atoms with Gasteiger partial charge >= 0.3 is 6.18 Å². The zero-order chi connectivity index (χ0) is 13.1. The van der Waals surface area contributed by atoms with Gasteiger partial charge in [0.1, 0.15) is 6.04 Å². The number of alkyl halides is 3. The largest absolute Gasteiger partial charge is 0.410 e. The highest BCUT2D eigenvalue weighted by Gasteiger charge is 2.39. The maximum Gasteiger partial charge on any atom is 0.410 e. The summed E-state index contributed by atoms with van der Waals surface area (Å²) in [5, 5.41) is 9.73. The molecule has 0 bridgehead atoms. The number of hydrogen-bond acceptors (Lipinski definition) is 2. The van der Waals surface area contributed by atoms with Crippen LogP contribution in [0.15, 0.2) is 0 Å². The molecule has 0 aliphatic carbocycles. The van der Waals surface area contributed by atoms with Crippen LogP contribution in [0.4, 0.5) is 13.2 Å². The summed E-state index contributed by atoms with van der Waals surface area (Å²) >= 11 is 0. The molecule has 0 aromatic rings. The van der Waals surface area contributed by atoms with E-state index in [0.29, 0.717) is 0 Å². The first-order valence-electron chi connectivity index (χ1n) is 4.82. The third-order valence-corrected chi connectivity index (χ3v) is 0.955. The molecular weight excluding hydrogens is 211 g/mol. The second-order valence-corrected chi connectivity index (χ2v) is 1.98. The summed E-state index contributed by atoms with van der Waals surface area (Å²) in [6.07, 6.45) is -4.58. The first kappa shape index (κ1) is 19.7. The standard InChI is InChI=1S/C5H8F3NO2.2C2H6/c1-3(11)9-4(2-10)5(6,7)8;2*1-2/h4,10H,2H2,1H3,(H,9,11);2*1-2H3. The first-order chi connectivity index (χ1) is 6.88. The van der Waals surface area contributed by atoms with Gasteiger partial charge in [0.2, 0.25) is 5.91 Å². The van der Waals surface area contributed by atoms with E-state index < -0.39 is 24.7 Å². The maximum absolute atomic E-state index is 11.7. The van der Waals surface area contributed by atoms with Crippen molar-refractivity contribution in [1.82, 2.24) is 5.32 Å². The zero-order valence-electron chi connectivity index (χ0n) is 9.77. The molecule has 0 fully saturated rings. The van der Waals surface area contributed by atoms with Crippen LogP contribution >= 0.6 is 0 Å². The summed E-state index contributed by atoms with van der Waals surface area (Å²) < 4.78 is 35.1. The van der Waals surface area contributed by atoms with Gasteiger partial charge in [0.25, 0.3) is 0 Å². The molecule has 0 radical (unpaired) electrons. The number of carbonyl (C=O) groups excluding carboxylic acids is 1. The number of nitrogens with one attached hydrogen (secondary N) is 1. The molecule has 1 amide bonds. The molecule has 0 saturated heterocycles. The molecule has 1 atom stereocenters. The fourth-order valence-corrected chi connectivity index (χ4v) is 0.476. The van der Waals surface area contributed by atoms with Crippen LogP contribution in [0.3, 0.4) is 0 Å². The Bertz CT molecular complexity index is 149. The van der Waals surface area contributed by atoms with Crippen LogP contribution < -0.4 is 5.32 Å². The second-order valence-electron chi connectivity index (χ2n) is 1.98. The summed E-state index contributed by atoms with van der Waals surface area (Å²) in [6, 6.07) is -2.15. The van der Waals surface area contributed by atoms with Gasteiger partial charge in [-0.05, 0) is 0 Å². The highest BCUT2D eigenvalue weighted by Crippen LogP contribution is 2.19. The SMILES string of the molecule is CC.CC.CC(=O)NC(CO)C(F)(F)F. The van der Waals surface area contributed by atoms with Crippen molar-refractivity contribution in [2.24, 2.45) is 0 Å². The Labute approximate surface area is 88.7 Å². The molecule has 0 aromatic heterocycles. The van der Waals surface area contributed by atoms with Gasteiger partial charge < -0.3 is 10.4 Å². The Hall–Kier alpha value is -0.780. The number of amides is 1. The van der Waals surface area contributed by atoms with Crippen molar-refractivity contribution in [3.8, 4) is 0 Å². The van der Waals surface area contributed by atoms with Crippen molar-refractivity contribution in [3.05, 3.63) is 0 Å². The normalized spacial score (nSPS) is 11.3. The van der Waals surface area contributed by atoms with Gasteiger partial charge in [0.05, 0.1) is 6.61 Å². The topological polar surface area (TPSA) is 49.3 Å². The number of hydrogen-bond donors (Lipinski definition) is 2. The minimum atomic E-state index is -4.58. The zero-order valence-corrected chi connectivity index (χ0v) is 9.77. The van der Waals surface area contributed by atoms with E-state index in [4.69, 9.17) is 5.11 Å². The second kappa shape index (κ2) is 11.3. The minimum Gasteiger partial charge on any atom is -0.394 e. The Kier molecular flexibility index (Phi) is 14.9. The molecule has 0 rings (SSSR count). The number of rotatable bonds is 2. The predicted molar refractivity (Wildman–Crippen MR) is 53.4 cm³/mol. The quantitative estimate of drug-likeness (QED) is 0.764. The van der Waals surface area contributed by atoms with E-state index in [1.807, 2.05) is 27.7 Å².